The second kappa shape index (κ2) is 5.75. The molecule has 0 spiro atoms. The number of hydrogen-bond acceptors (Lipinski definition) is 3. The minimum Gasteiger partial charge on any atom is -0.371 e. The van der Waals surface area contributed by atoms with Gasteiger partial charge in [-0.15, -0.1) is 0 Å². The normalized spacial score (nSPS) is 14.4. The van der Waals surface area contributed by atoms with Crippen LogP contribution in [0.4, 0.5) is 0 Å². The Bertz CT molecular complexity index is 612. The van der Waals surface area contributed by atoms with E-state index < -0.39 is 5.60 Å². The standard InChI is InChI=1S/C16H22N2O2/c1-5-16(3,20-4)14(19)11-15-17-12-9-7-8-10-13(12)18(15)6-2/h7-10H,5-6,11H2,1-4H3. The lowest BCUT2D eigenvalue weighted by atomic mass is 9.95. The second-order valence-electron chi connectivity index (χ2n) is 5.15. The quantitative estimate of drug-likeness (QED) is 0.813. The number of aromatic nitrogens is 2. The topological polar surface area (TPSA) is 44.1 Å². The highest BCUT2D eigenvalue weighted by Crippen LogP contribution is 2.21. The number of hydrogen-bond donors (Lipinski definition) is 0. The van der Waals surface area contributed by atoms with E-state index in [4.69, 9.17) is 4.74 Å². The number of methoxy groups -OCH3 is 1. The molecule has 1 atom stereocenters. The van der Waals surface area contributed by atoms with Crippen LogP contribution in [0.25, 0.3) is 11.0 Å². The largest absolute Gasteiger partial charge is 0.371 e. The summed E-state index contributed by atoms with van der Waals surface area (Å²) in [6, 6.07) is 7.97. The third-order valence-corrected chi connectivity index (χ3v) is 4.08. The third kappa shape index (κ3) is 2.48. The molecule has 0 bridgehead atoms. The van der Waals surface area contributed by atoms with Crippen molar-refractivity contribution in [3.8, 4) is 0 Å². The molecule has 4 heteroatoms. The van der Waals surface area contributed by atoms with Gasteiger partial charge in [0.15, 0.2) is 5.78 Å². The molecule has 20 heavy (non-hydrogen) atoms. The van der Waals surface area contributed by atoms with Gasteiger partial charge in [-0.25, -0.2) is 4.98 Å². The van der Waals surface area contributed by atoms with Gasteiger partial charge in [-0.1, -0.05) is 19.1 Å². The molecular formula is C16H22N2O2. The van der Waals surface area contributed by atoms with Gasteiger partial charge in [0, 0.05) is 13.7 Å². The van der Waals surface area contributed by atoms with Crippen LogP contribution in [0.15, 0.2) is 24.3 Å². The summed E-state index contributed by atoms with van der Waals surface area (Å²) in [6.45, 7) is 6.68. The predicted molar refractivity (Wildman–Crippen MR) is 79.8 cm³/mol. The second-order valence-corrected chi connectivity index (χ2v) is 5.15. The molecule has 0 radical (unpaired) electrons. The zero-order chi connectivity index (χ0) is 14.8. The highest BCUT2D eigenvalue weighted by atomic mass is 16.5. The van der Waals surface area contributed by atoms with Gasteiger partial charge in [-0.2, -0.15) is 0 Å². The molecule has 1 aromatic carbocycles. The van der Waals surface area contributed by atoms with Gasteiger partial charge in [-0.05, 0) is 32.4 Å². The number of carbonyl (C=O) groups is 1. The highest BCUT2D eigenvalue weighted by molar-refractivity contribution is 5.89. The van der Waals surface area contributed by atoms with E-state index in [9.17, 15) is 4.79 Å². The highest BCUT2D eigenvalue weighted by Gasteiger charge is 2.31. The molecule has 4 nitrogen and oxygen atoms in total. The first kappa shape index (κ1) is 14.7. The summed E-state index contributed by atoms with van der Waals surface area (Å²) in [5, 5.41) is 0. The number of nitrogens with zero attached hydrogens (tertiary/aromatic N) is 2. The van der Waals surface area contributed by atoms with Crippen molar-refractivity contribution in [1.82, 2.24) is 9.55 Å². The molecule has 108 valence electrons. The van der Waals surface area contributed by atoms with Gasteiger partial charge >= 0.3 is 0 Å². The van der Waals surface area contributed by atoms with Crippen LogP contribution in [-0.4, -0.2) is 28.0 Å². The maximum atomic E-state index is 12.5. The lowest BCUT2D eigenvalue weighted by Gasteiger charge is -2.24. The number of rotatable bonds is 6. The molecule has 0 aliphatic carbocycles. The molecule has 1 heterocycles. The number of carbonyl (C=O) groups excluding carboxylic acids is 1. The van der Waals surface area contributed by atoms with Gasteiger partial charge in [0.25, 0.3) is 0 Å². The van der Waals surface area contributed by atoms with Crippen molar-refractivity contribution in [3.63, 3.8) is 0 Å². The first-order valence-electron chi connectivity index (χ1n) is 7.08. The number of para-hydroxylation sites is 2. The van der Waals surface area contributed by atoms with Crippen LogP contribution >= 0.6 is 0 Å². The van der Waals surface area contributed by atoms with Crippen molar-refractivity contribution < 1.29 is 9.53 Å². The van der Waals surface area contributed by atoms with Gasteiger partial charge in [0.1, 0.15) is 11.4 Å². The molecule has 1 aromatic heterocycles. The Labute approximate surface area is 119 Å². The van der Waals surface area contributed by atoms with E-state index >= 15 is 0 Å². The van der Waals surface area contributed by atoms with Crippen molar-refractivity contribution in [2.75, 3.05) is 7.11 Å². The molecule has 1 unspecified atom stereocenters. The van der Waals surface area contributed by atoms with Crippen molar-refractivity contribution in [2.24, 2.45) is 0 Å². The van der Waals surface area contributed by atoms with Crippen LogP contribution in [0.1, 0.15) is 33.0 Å². The van der Waals surface area contributed by atoms with E-state index in [-0.39, 0.29) is 5.78 Å². The van der Waals surface area contributed by atoms with Crippen LogP contribution in [0.2, 0.25) is 0 Å². The lowest BCUT2D eigenvalue weighted by Crippen LogP contribution is -2.38. The molecule has 0 saturated heterocycles. The lowest BCUT2D eigenvalue weighted by molar-refractivity contribution is -0.138. The fourth-order valence-corrected chi connectivity index (χ4v) is 2.40. The van der Waals surface area contributed by atoms with E-state index in [1.807, 2.05) is 38.1 Å². The predicted octanol–water partition coefficient (Wildman–Crippen LogP) is 2.98. The summed E-state index contributed by atoms with van der Waals surface area (Å²) in [4.78, 5) is 17.1. The maximum absolute atomic E-state index is 12.5. The summed E-state index contributed by atoms with van der Waals surface area (Å²) in [6.07, 6.45) is 0.968. The van der Waals surface area contributed by atoms with E-state index in [1.165, 1.54) is 0 Å². The number of imidazole rings is 1. The Balaban J connectivity index is 2.36. The molecule has 0 aliphatic heterocycles. The number of Topliss-reactive ketones (excluding diaryl/α,β-unsaturated/α-hetero) is 1. The molecule has 0 fully saturated rings. The van der Waals surface area contributed by atoms with Crippen LogP contribution in [0, 0.1) is 0 Å². The van der Waals surface area contributed by atoms with E-state index in [0.29, 0.717) is 12.8 Å². The summed E-state index contributed by atoms with van der Waals surface area (Å²) in [7, 11) is 1.59. The Hall–Kier alpha value is -1.68. The molecule has 0 N–H and O–H groups in total. The fourth-order valence-electron chi connectivity index (χ4n) is 2.40. The molecule has 2 aromatic rings. The van der Waals surface area contributed by atoms with Crippen molar-refractivity contribution in [3.05, 3.63) is 30.1 Å². The monoisotopic (exact) mass is 274 g/mol. The summed E-state index contributed by atoms with van der Waals surface area (Å²) < 4.78 is 7.48. The molecule has 0 saturated carbocycles. The summed E-state index contributed by atoms with van der Waals surface area (Å²) >= 11 is 0. The van der Waals surface area contributed by atoms with Crippen molar-refractivity contribution in [1.29, 1.82) is 0 Å². The SMILES string of the molecule is CCn1c(CC(=O)C(C)(CC)OC)nc2ccccc21. The summed E-state index contributed by atoms with van der Waals surface area (Å²) in [5.41, 5.74) is 1.29. The van der Waals surface area contributed by atoms with E-state index in [0.717, 1.165) is 23.4 Å². The zero-order valence-electron chi connectivity index (χ0n) is 12.6. The average Bonchev–Trinajstić information content (AvgIpc) is 2.83. The molecular weight excluding hydrogens is 252 g/mol. The minimum atomic E-state index is -0.725. The smallest absolute Gasteiger partial charge is 0.171 e. The van der Waals surface area contributed by atoms with Crippen LogP contribution < -0.4 is 0 Å². The van der Waals surface area contributed by atoms with Gasteiger partial charge in [0.2, 0.25) is 0 Å². The number of fused-ring (bicyclic) bond motifs is 1. The number of aryl methyl sites for hydroxylation is 1. The van der Waals surface area contributed by atoms with Gasteiger partial charge < -0.3 is 9.30 Å². The Morgan fingerprint density at radius 1 is 1.35 bits per heavy atom. The average molecular weight is 274 g/mol. The molecule has 0 amide bonds. The van der Waals surface area contributed by atoms with Crippen LogP contribution in [-0.2, 0) is 22.5 Å². The Morgan fingerprint density at radius 3 is 2.65 bits per heavy atom. The van der Waals surface area contributed by atoms with Crippen LogP contribution in [0.5, 0.6) is 0 Å². The first-order chi connectivity index (χ1) is 9.55. The third-order valence-electron chi connectivity index (χ3n) is 4.08. The number of ketones is 1. The van der Waals surface area contributed by atoms with Crippen molar-refractivity contribution >= 4 is 16.8 Å². The molecule has 0 aliphatic rings. The summed E-state index contributed by atoms with van der Waals surface area (Å²) in [5.74, 6) is 0.892. The zero-order valence-corrected chi connectivity index (χ0v) is 12.6. The number of benzene rings is 1. The Kier molecular flexibility index (Phi) is 4.23. The number of ether oxygens (including phenoxy) is 1. The molecule has 2 rings (SSSR count). The van der Waals surface area contributed by atoms with E-state index in [1.54, 1.807) is 7.11 Å². The van der Waals surface area contributed by atoms with Gasteiger partial charge in [-0.3, -0.25) is 4.79 Å². The van der Waals surface area contributed by atoms with E-state index in [2.05, 4.69) is 16.5 Å². The fraction of sp³-hybridized carbons (Fsp3) is 0.500. The first-order valence-corrected chi connectivity index (χ1v) is 7.08. The van der Waals surface area contributed by atoms with Crippen LogP contribution in [0.3, 0.4) is 0 Å². The van der Waals surface area contributed by atoms with Gasteiger partial charge in [0.05, 0.1) is 17.5 Å². The Morgan fingerprint density at radius 2 is 2.05 bits per heavy atom. The van der Waals surface area contributed by atoms with Crippen molar-refractivity contribution in [2.45, 2.75) is 45.8 Å². The maximum Gasteiger partial charge on any atom is 0.171 e. The minimum absolute atomic E-state index is 0.0764.